The lowest BCUT2D eigenvalue weighted by Crippen LogP contribution is -2.19. The average Bonchev–Trinajstić information content (AvgIpc) is 2.99. The van der Waals surface area contributed by atoms with Crippen LogP contribution in [0.1, 0.15) is 0 Å². The van der Waals surface area contributed by atoms with Gasteiger partial charge in [0.25, 0.3) is 0 Å². The quantitative estimate of drug-likeness (QED) is 0.759. The Bertz CT molecular complexity index is 525. The number of carbonyl (C=O) groups excluding carboxylic acids is 1. The van der Waals surface area contributed by atoms with Gasteiger partial charge in [0, 0.05) is 12.8 Å². The van der Waals surface area contributed by atoms with E-state index in [2.05, 4.69) is 15.4 Å². The zero-order chi connectivity index (χ0) is 14.2. The molecular weight excluding hydrogens is 260 g/mol. The number of anilines is 1. The predicted octanol–water partition coefficient (Wildman–Crippen LogP) is 0.869. The SMILES string of the molecule is COCCOCC(=O)Nc1ccc(-n2cncn2)cc1. The molecule has 0 radical (unpaired) electrons. The van der Waals surface area contributed by atoms with Crippen LogP contribution in [0.2, 0.25) is 0 Å². The third-order valence-electron chi connectivity index (χ3n) is 2.50. The number of nitrogens with one attached hydrogen (secondary N) is 1. The van der Waals surface area contributed by atoms with Gasteiger partial charge in [0.05, 0.1) is 18.9 Å². The van der Waals surface area contributed by atoms with Crippen LogP contribution in [0.3, 0.4) is 0 Å². The zero-order valence-corrected chi connectivity index (χ0v) is 11.2. The van der Waals surface area contributed by atoms with Gasteiger partial charge in [-0.3, -0.25) is 4.79 Å². The first kappa shape index (κ1) is 14.2. The van der Waals surface area contributed by atoms with E-state index in [0.29, 0.717) is 18.9 Å². The van der Waals surface area contributed by atoms with E-state index >= 15 is 0 Å². The smallest absolute Gasteiger partial charge is 0.250 e. The Kier molecular flexibility index (Phi) is 5.22. The number of carbonyl (C=O) groups is 1. The highest BCUT2D eigenvalue weighted by atomic mass is 16.5. The molecule has 1 heterocycles. The third-order valence-corrected chi connectivity index (χ3v) is 2.50. The number of rotatable bonds is 7. The van der Waals surface area contributed by atoms with Crippen molar-refractivity contribution in [3.63, 3.8) is 0 Å². The standard InChI is InChI=1S/C13H16N4O3/c1-19-6-7-20-8-13(18)16-11-2-4-12(5-3-11)17-10-14-9-15-17/h2-5,9-10H,6-8H2,1H3,(H,16,18). The van der Waals surface area contributed by atoms with Gasteiger partial charge >= 0.3 is 0 Å². The first-order chi connectivity index (χ1) is 9.79. The molecule has 1 N–H and O–H groups in total. The second kappa shape index (κ2) is 7.37. The molecule has 0 spiro atoms. The molecule has 1 aromatic heterocycles. The van der Waals surface area contributed by atoms with E-state index in [1.54, 1.807) is 30.3 Å². The van der Waals surface area contributed by atoms with Crippen LogP contribution in [0, 0.1) is 0 Å². The fourth-order valence-electron chi connectivity index (χ4n) is 1.54. The normalized spacial score (nSPS) is 10.4. The molecule has 0 bridgehead atoms. The molecule has 2 rings (SSSR count). The Morgan fingerprint density at radius 3 is 2.75 bits per heavy atom. The van der Waals surface area contributed by atoms with Crippen LogP contribution in [-0.2, 0) is 14.3 Å². The van der Waals surface area contributed by atoms with Gasteiger partial charge in [-0.2, -0.15) is 5.10 Å². The Morgan fingerprint density at radius 1 is 1.30 bits per heavy atom. The highest BCUT2D eigenvalue weighted by Gasteiger charge is 2.03. The van der Waals surface area contributed by atoms with Crippen molar-refractivity contribution in [2.45, 2.75) is 0 Å². The van der Waals surface area contributed by atoms with Gasteiger partial charge in [0.2, 0.25) is 5.91 Å². The van der Waals surface area contributed by atoms with Crippen LogP contribution < -0.4 is 5.32 Å². The maximum Gasteiger partial charge on any atom is 0.250 e. The molecule has 0 saturated heterocycles. The minimum Gasteiger partial charge on any atom is -0.382 e. The van der Waals surface area contributed by atoms with Gasteiger partial charge in [-0.15, -0.1) is 0 Å². The van der Waals surface area contributed by atoms with E-state index in [0.717, 1.165) is 5.69 Å². The summed E-state index contributed by atoms with van der Waals surface area (Å²) in [6.45, 7) is 0.878. The van der Waals surface area contributed by atoms with Gasteiger partial charge in [0.1, 0.15) is 19.3 Å². The zero-order valence-electron chi connectivity index (χ0n) is 11.2. The Hall–Kier alpha value is -2.25. The highest BCUT2D eigenvalue weighted by Crippen LogP contribution is 2.11. The van der Waals surface area contributed by atoms with Gasteiger partial charge in [-0.25, -0.2) is 9.67 Å². The molecule has 0 atom stereocenters. The fraction of sp³-hybridized carbons (Fsp3) is 0.308. The molecule has 0 aliphatic heterocycles. The van der Waals surface area contributed by atoms with Gasteiger partial charge in [0.15, 0.2) is 0 Å². The molecule has 1 amide bonds. The van der Waals surface area contributed by atoms with Gasteiger partial charge in [-0.1, -0.05) is 0 Å². The second-order valence-electron chi connectivity index (χ2n) is 3.98. The first-order valence-electron chi connectivity index (χ1n) is 6.11. The van der Waals surface area contributed by atoms with Gasteiger partial charge < -0.3 is 14.8 Å². The van der Waals surface area contributed by atoms with E-state index in [4.69, 9.17) is 9.47 Å². The molecule has 7 heteroatoms. The molecule has 1 aromatic carbocycles. The van der Waals surface area contributed by atoms with E-state index in [1.165, 1.54) is 6.33 Å². The van der Waals surface area contributed by atoms with Crippen molar-refractivity contribution in [3.05, 3.63) is 36.9 Å². The second-order valence-corrected chi connectivity index (χ2v) is 3.98. The molecule has 0 fully saturated rings. The van der Waals surface area contributed by atoms with Crippen molar-refractivity contribution < 1.29 is 14.3 Å². The minimum atomic E-state index is -0.199. The number of ether oxygens (including phenoxy) is 2. The van der Waals surface area contributed by atoms with E-state index in [1.807, 2.05) is 12.1 Å². The summed E-state index contributed by atoms with van der Waals surface area (Å²) in [6, 6.07) is 7.28. The van der Waals surface area contributed by atoms with Crippen molar-refractivity contribution in [1.82, 2.24) is 14.8 Å². The van der Waals surface area contributed by atoms with Gasteiger partial charge in [-0.05, 0) is 24.3 Å². The summed E-state index contributed by atoms with van der Waals surface area (Å²) in [5, 5.41) is 6.76. The molecule has 2 aromatic rings. The lowest BCUT2D eigenvalue weighted by molar-refractivity contribution is -0.121. The molecule has 7 nitrogen and oxygen atoms in total. The minimum absolute atomic E-state index is 0.00812. The number of hydrogen-bond acceptors (Lipinski definition) is 5. The summed E-state index contributed by atoms with van der Waals surface area (Å²) in [5.41, 5.74) is 1.58. The third kappa shape index (κ3) is 4.15. The first-order valence-corrected chi connectivity index (χ1v) is 6.11. The van der Waals surface area contributed by atoms with Crippen LogP contribution in [0.5, 0.6) is 0 Å². The molecular formula is C13H16N4O3. The predicted molar refractivity (Wildman–Crippen MR) is 72.7 cm³/mol. The van der Waals surface area contributed by atoms with Crippen LogP contribution in [0.4, 0.5) is 5.69 Å². The largest absolute Gasteiger partial charge is 0.382 e. The van der Waals surface area contributed by atoms with E-state index in [-0.39, 0.29) is 12.5 Å². The van der Waals surface area contributed by atoms with Crippen LogP contribution in [-0.4, -0.2) is 47.6 Å². The molecule has 0 saturated carbocycles. The summed E-state index contributed by atoms with van der Waals surface area (Å²) in [6.07, 6.45) is 3.07. The number of nitrogens with zero attached hydrogens (tertiary/aromatic N) is 3. The molecule has 106 valence electrons. The average molecular weight is 276 g/mol. The maximum atomic E-state index is 11.6. The molecule has 0 aliphatic rings. The molecule has 0 aliphatic carbocycles. The lowest BCUT2D eigenvalue weighted by Gasteiger charge is -2.07. The van der Waals surface area contributed by atoms with Crippen molar-refractivity contribution in [2.24, 2.45) is 0 Å². The summed E-state index contributed by atoms with van der Waals surface area (Å²) in [7, 11) is 1.58. The van der Waals surface area contributed by atoms with Crippen molar-refractivity contribution >= 4 is 11.6 Å². The summed E-state index contributed by atoms with van der Waals surface area (Å²) >= 11 is 0. The maximum absolute atomic E-state index is 11.6. The summed E-state index contributed by atoms with van der Waals surface area (Å²) in [4.78, 5) is 15.5. The Labute approximate surface area is 116 Å². The number of benzene rings is 1. The topological polar surface area (TPSA) is 78.3 Å². The van der Waals surface area contributed by atoms with E-state index in [9.17, 15) is 4.79 Å². The van der Waals surface area contributed by atoms with Crippen LogP contribution >= 0.6 is 0 Å². The summed E-state index contributed by atoms with van der Waals surface area (Å²) < 4.78 is 11.6. The number of hydrogen-bond donors (Lipinski definition) is 1. The number of methoxy groups -OCH3 is 1. The fourth-order valence-corrected chi connectivity index (χ4v) is 1.54. The van der Waals surface area contributed by atoms with E-state index < -0.39 is 0 Å². The number of amides is 1. The van der Waals surface area contributed by atoms with Crippen LogP contribution in [0.15, 0.2) is 36.9 Å². The van der Waals surface area contributed by atoms with Crippen molar-refractivity contribution in [2.75, 3.05) is 32.2 Å². The number of aromatic nitrogens is 3. The molecule has 20 heavy (non-hydrogen) atoms. The highest BCUT2D eigenvalue weighted by molar-refractivity contribution is 5.91. The lowest BCUT2D eigenvalue weighted by atomic mass is 10.3. The Morgan fingerprint density at radius 2 is 2.10 bits per heavy atom. The van der Waals surface area contributed by atoms with Crippen molar-refractivity contribution in [3.8, 4) is 5.69 Å². The van der Waals surface area contributed by atoms with Crippen LogP contribution in [0.25, 0.3) is 5.69 Å². The van der Waals surface area contributed by atoms with Crippen molar-refractivity contribution in [1.29, 1.82) is 0 Å². The summed E-state index contributed by atoms with van der Waals surface area (Å²) in [5.74, 6) is -0.199. The monoisotopic (exact) mass is 276 g/mol. The Balaban J connectivity index is 1.83. The molecule has 0 unspecified atom stereocenters.